The summed E-state index contributed by atoms with van der Waals surface area (Å²) in [6, 6.07) is 5.60. The average molecular weight is 266 g/mol. The molecule has 1 aromatic carbocycles. The minimum Gasteiger partial charge on any atom is -0.357 e. The van der Waals surface area contributed by atoms with Crippen molar-refractivity contribution in [2.75, 3.05) is 0 Å². The molecular formula is C12H12BrNO. The Hall–Kier alpha value is -1.09. The fraction of sp³-hybridized carbons (Fsp3) is 0.250. The van der Waals surface area contributed by atoms with Crippen molar-refractivity contribution in [2.45, 2.75) is 20.3 Å². The van der Waals surface area contributed by atoms with Crippen LogP contribution in [0.5, 0.6) is 0 Å². The number of hydrogen-bond donors (Lipinski definition) is 1. The number of rotatable bonds is 1. The summed E-state index contributed by atoms with van der Waals surface area (Å²) >= 11 is 3.48. The summed E-state index contributed by atoms with van der Waals surface area (Å²) < 4.78 is 0.949. The number of aryl methyl sites for hydroxylation is 2. The van der Waals surface area contributed by atoms with E-state index in [1.807, 2.05) is 26.0 Å². The first kappa shape index (κ1) is 10.4. The molecule has 0 aliphatic rings. The zero-order valence-electron chi connectivity index (χ0n) is 8.73. The van der Waals surface area contributed by atoms with Crippen LogP contribution in [0, 0.1) is 6.92 Å². The van der Waals surface area contributed by atoms with Crippen molar-refractivity contribution in [2.24, 2.45) is 0 Å². The summed E-state index contributed by atoms with van der Waals surface area (Å²) in [5, 5.41) is 0.749. The monoisotopic (exact) mass is 265 g/mol. The predicted molar refractivity (Wildman–Crippen MR) is 66.4 cm³/mol. The summed E-state index contributed by atoms with van der Waals surface area (Å²) in [5.74, 6) is 0. The summed E-state index contributed by atoms with van der Waals surface area (Å²) in [6.07, 6.45) is 0.839. The first-order valence-corrected chi connectivity index (χ1v) is 5.73. The third-order valence-corrected chi connectivity index (χ3v) is 3.10. The fourth-order valence-electron chi connectivity index (χ4n) is 1.69. The Balaban J connectivity index is 2.91. The van der Waals surface area contributed by atoms with Crippen LogP contribution in [0.4, 0.5) is 0 Å². The number of H-pyrrole nitrogens is 1. The maximum Gasteiger partial charge on any atom is 0.189 e. The Morgan fingerprint density at radius 2 is 2.07 bits per heavy atom. The molecule has 2 aromatic rings. The van der Waals surface area contributed by atoms with E-state index in [9.17, 15) is 4.79 Å². The number of pyridine rings is 1. The predicted octanol–water partition coefficient (Wildman–Crippen LogP) is 3.16. The second-order valence-corrected chi connectivity index (χ2v) is 4.54. The number of halogens is 1. The molecule has 0 unspecified atom stereocenters. The van der Waals surface area contributed by atoms with Crippen molar-refractivity contribution in [3.8, 4) is 0 Å². The van der Waals surface area contributed by atoms with Gasteiger partial charge in [0.1, 0.15) is 0 Å². The SMILES string of the molecule is CCc1cc(=O)c2cc(C)cc(Br)c2[nH]1. The summed E-state index contributed by atoms with van der Waals surface area (Å²) in [6.45, 7) is 4.01. The van der Waals surface area contributed by atoms with Gasteiger partial charge in [-0.25, -0.2) is 0 Å². The number of aromatic nitrogens is 1. The average Bonchev–Trinajstić information content (AvgIpc) is 2.19. The highest BCUT2D eigenvalue weighted by atomic mass is 79.9. The molecule has 1 heterocycles. The lowest BCUT2D eigenvalue weighted by Gasteiger charge is -2.05. The zero-order valence-corrected chi connectivity index (χ0v) is 10.3. The molecule has 0 spiro atoms. The Bertz CT molecular complexity index is 572. The van der Waals surface area contributed by atoms with Crippen LogP contribution in [-0.2, 0) is 6.42 Å². The van der Waals surface area contributed by atoms with Crippen LogP contribution in [0.2, 0.25) is 0 Å². The third-order valence-electron chi connectivity index (χ3n) is 2.47. The normalized spacial score (nSPS) is 10.9. The summed E-state index contributed by atoms with van der Waals surface area (Å²) in [4.78, 5) is 15.1. The number of benzene rings is 1. The molecule has 0 amide bonds. The first-order chi connectivity index (χ1) is 7.11. The van der Waals surface area contributed by atoms with Crippen LogP contribution < -0.4 is 5.43 Å². The fourth-order valence-corrected chi connectivity index (χ4v) is 2.36. The lowest BCUT2D eigenvalue weighted by atomic mass is 10.1. The molecule has 0 bridgehead atoms. The highest BCUT2D eigenvalue weighted by Gasteiger charge is 2.05. The molecule has 78 valence electrons. The second-order valence-electron chi connectivity index (χ2n) is 3.68. The quantitative estimate of drug-likeness (QED) is 0.844. The van der Waals surface area contributed by atoms with Gasteiger partial charge < -0.3 is 4.98 Å². The van der Waals surface area contributed by atoms with E-state index in [0.29, 0.717) is 0 Å². The van der Waals surface area contributed by atoms with E-state index in [2.05, 4.69) is 20.9 Å². The van der Waals surface area contributed by atoms with Crippen molar-refractivity contribution < 1.29 is 0 Å². The van der Waals surface area contributed by atoms with Crippen LogP contribution in [0.3, 0.4) is 0 Å². The number of fused-ring (bicyclic) bond motifs is 1. The van der Waals surface area contributed by atoms with E-state index in [1.165, 1.54) is 0 Å². The number of aromatic amines is 1. The Labute approximate surface area is 96.5 Å². The van der Waals surface area contributed by atoms with E-state index < -0.39 is 0 Å². The van der Waals surface area contributed by atoms with E-state index >= 15 is 0 Å². The standard InChI is InChI=1S/C12H12BrNO/c1-3-8-6-11(15)9-4-7(2)5-10(13)12(9)14-8/h4-6H,3H2,1-2H3,(H,14,15). The van der Waals surface area contributed by atoms with E-state index in [4.69, 9.17) is 0 Å². The molecule has 0 aliphatic heterocycles. The van der Waals surface area contributed by atoms with Gasteiger partial charge in [-0.15, -0.1) is 0 Å². The smallest absolute Gasteiger partial charge is 0.189 e. The van der Waals surface area contributed by atoms with Crippen LogP contribution >= 0.6 is 15.9 Å². The van der Waals surface area contributed by atoms with Crippen molar-refractivity contribution in [1.82, 2.24) is 4.98 Å². The highest BCUT2D eigenvalue weighted by Crippen LogP contribution is 2.22. The van der Waals surface area contributed by atoms with Gasteiger partial charge in [-0.3, -0.25) is 4.79 Å². The van der Waals surface area contributed by atoms with Gasteiger partial charge in [0.15, 0.2) is 5.43 Å². The lowest BCUT2D eigenvalue weighted by molar-refractivity contribution is 1.05. The van der Waals surface area contributed by atoms with Crippen molar-refractivity contribution >= 4 is 26.8 Å². The minimum absolute atomic E-state index is 0.0880. The van der Waals surface area contributed by atoms with Gasteiger partial charge >= 0.3 is 0 Å². The highest BCUT2D eigenvalue weighted by molar-refractivity contribution is 9.10. The van der Waals surface area contributed by atoms with Gasteiger partial charge in [0, 0.05) is 21.6 Å². The van der Waals surface area contributed by atoms with Crippen molar-refractivity contribution in [3.05, 3.63) is 44.2 Å². The topological polar surface area (TPSA) is 32.9 Å². The molecule has 0 saturated carbocycles. The summed E-state index contributed by atoms with van der Waals surface area (Å²) in [5.41, 5.74) is 3.04. The molecule has 1 aromatic heterocycles. The molecule has 0 atom stereocenters. The number of nitrogens with one attached hydrogen (secondary N) is 1. The minimum atomic E-state index is 0.0880. The van der Waals surface area contributed by atoms with Crippen LogP contribution in [0.15, 0.2) is 27.5 Å². The van der Waals surface area contributed by atoms with Crippen LogP contribution in [0.1, 0.15) is 18.2 Å². The first-order valence-electron chi connectivity index (χ1n) is 4.94. The van der Waals surface area contributed by atoms with Crippen molar-refractivity contribution in [3.63, 3.8) is 0 Å². The van der Waals surface area contributed by atoms with Crippen LogP contribution in [-0.4, -0.2) is 4.98 Å². The molecule has 0 aliphatic carbocycles. The zero-order chi connectivity index (χ0) is 11.0. The Morgan fingerprint density at radius 3 is 2.73 bits per heavy atom. The Kier molecular flexibility index (Phi) is 2.65. The second kappa shape index (κ2) is 3.81. The van der Waals surface area contributed by atoms with Crippen LogP contribution in [0.25, 0.3) is 10.9 Å². The number of hydrogen-bond acceptors (Lipinski definition) is 1. The van der Waals surface area contributed by atoms with Gasteiger partial charge in [-0.05, 0) is 47.0 Å². The maximum atomic E-state index is 11.8. The summed E-state index contributed by atoms with van der Waals surface area (Å²) in [7, 11) is 0. The van der Waals surface area contributed by atoms with Gasteiger partial charge in [0.05, 0.1) is 5.52 Å². The lowest BCUT2D eigenvalue weighted by Crippen LogP contribution is -2.05. The van der Waals surface area contributed by atoms with Gasteiger partial charge in [-0.2, -0.15) is 0 Å². The largest absolute Gasteiger partial charge is 0.357 e. The molecule has 0 radical (unpaired) electrons. The maximum absolute atomic E-state index is 11.8. The van der Waals surface area contributed by atoms with Gasteiger partial charge in [-0.1, -0.05) is 6.92 Å². The van der Waals surface area contributed by atoms with E-state index in [0.717, 1.165) is 33.1 Å². The third kappa shape index (κ3) is 1.84. The van der Waals surface area contributed by atoms with Gasteiger partial charge in [0.25, 0.3) is 0 Å². The molecule has 0 saturated heterocycles. The molecule has 2 rings (SSSR count). The molecular weight excluding hydrogens is 254 g/mol. The molecule has 15 heavy (non-hydrogen) atoms. The van der Waals surface area contributed by atoms with E-state index in [-0.39, 0.29) is 5.43 Å². The van der Waals surface area contributed by atoms with Gasteiger partial charge in [0.2, 0.25) is 0 Å². The molecule has 0 fully saturated rings. The van der Waals surface area contributed by atoms with E-state index in [1.54, 1.807) is 6.07 Å². The molecule has 3 heteroatoms. The van der Waals surface area contributed by atoms with Crippen molar-refractivity contribution in [1.29, 1.82) is 0 Å². The molecule has 2 nitrogen and oxygen atoms in total. The molecule has 1 N–H and O–H groups in total. The Morgan fingerprint density at radius 1 is 1.33 bits per heavy atom.